The van der Waals surface area contributed by atoms with Gasteiger partial charge in [-0.15, -0.1) is 0 Å². The number of hydrogen-bond acceptors (Lipinski definition) is 4. The third kappa shape index (κ3) is 4.46. The first-order valence-corrected chi connectivity index (χ1v) is 3.28. The van der Waals surface area contributed by atoms with E-state index in [1.54, 1.807) is 0 Å². The molecule has 0 aliphatic heterocycles. The molecule has 64 valence electrons. The summed E-state index contributed by atoms with van der Waals surface area (Å²) in [4.78, 5) is 20.7. The van der Waals surface area contributed by atoms with Crippen molar-refractivity contribution in [3.05, 3.63) is 0 Å². The van der Waals surface area contributed by atoms with Crippen molar-refractivity contribution >= 4 is 11.8 Å². The van der Waals surface area contributed by atoms with Crippen molar-refractivity contribution in [2.75, 3.05) is 6.54 Å². The number of carboxylic acids is 1. The lowest BCUT2D eigenvalue weighted by Gasteiger charge is -2.03. The Morgan fingerprint density at radius 2 is 2.00 bits per heavy atom. The van der Waals surface area contributed by atoms with Gasteiger partial charge in [-0.05, 0) is 6.42 Å². The van der Waals surface area contributed by atoms with E-state index >= 15 is 0 Å². The van der Waals surface area contributed by atoms with E-state index in [0.717, 1.165) is 0 Å². The molecule has 0 saturated carbocycles. The average molecular weight is 160 g/mol. The largest absolute Gasteiger partial charge is 0.480 e. The Morgan fingerprint density at radius 3 is 2.36 bits per heavy atom. The van der Waals surface area contributed by atoms with E-state index in [1.807, 2.05) is 0 Å². The zero-order chi connectivity index (χ0) is 8.85. The molecule has 0 aromatic carbocycles. The number of aliphatic carboxylic acids is 1. The maximum Gasteiger partial charge on any atom is 0.320 e. The number of rotatable bonds is 5. The first kappa shape index (κ1) is 10.1. The topological polar surface area (TPSA) is 106 Å². The van der Waals surface area contributed by atoms with E-state index in [1.165, 1.54) is 0 Å². The maximum atomic E-state index is 10.6. The highest BCUT2D eigenvalue weighted by molar-refractivity contribution is 5.81. The molecule has 0 saturated heterocycles. The van der Waals surface area contributed by atoms with Gasteiger partial charge in [-0.3, -0.25) is 9.59 Å². The lowest BCUT2D eigenvalue weighted by Crippen LogP contribution is -2.31. The third-order valence-electron chi connectivity index (χ3n) is 1.28. The molecule has 0 aromatic rings. The molecule has 0 heterocycles. The lowest BCUT2D eigenvalue weighted by atomic mass is 10.1. The van der Waals surface area contributed by atoms with Crippen LogP contribution in [-0.4, -0.2) is 29.4 Å². The Labute approximate surface area is 64.4 Å². The monoisotopic (exact) mass is 160 g/mol. The number of carbonyl (C=O) groups excluding carboxylic acids is 1. The van der Waals surface area contributed by atoms with E-state index < -0.39 is 12.0 Å². The third-order valence-corrected chi connectivity index (χ3v) is 1.28. The van der Waals surface area contributed by atoms with Crippen LogP contribution in [0.2, 0.25) is 0 Å². The normalized spacial score (nSPS) is 12.5. The molecule has 5 nitrogen and oxygen atoms in total. The quantitative estimate of drug-likeness (QED) is 0.463. The summed E-state index contributed by atoms with van der Waals surface area (Å²) in [6, 6.07) is -0.953. The smallest absolute Gasteiger partial charge is 0.320 e. The first-order chi connectivity index (χ1) is 5.07. The minimum Gasteiger partial charge on any atom is -0.480 e. The van der Waals surface area contributed by atoms with Crippen LogP contribution in [0.1, 0.15) is 12.8 Å². The molecule has 11 heavy (non-hydrogen) atoms. The van der Waals surface area contributed by atoms with Gasteiger partial charge in [0, 0.05) is 6.42 Å². The van der Waals surface area contributed by atoms with Crippen molar-refractivity contribution in [2.24, 2.45) is 11.5 Å². The summed E-state index contributed by atoms with van der Waals surface area (Å²) in [6.45, 7) is -0.0493. The molecular weight excluding hydrogens is 148 g/mol. The van der Waals surface area contributed by atoms with Crippen molar-refractivity contribution in [1.82, 2.24) is 0 Å². The number of nitrogens with two attached hydrogens (primary N) is 2. The van der Waals surface area contributed by atoms with Crippen LogP contribution in [0, 0.1) is 0 Å². The molecule has 1 atom stereocenters. The number of carboxylic acid groups (broad SMARTS) is 1. The van der Waals surface area contributed by atoms with Gasteiger partial charge in [-0.1, -0.05) is 0 Å². The number of Topliss-reactive ketones (excluding diaryl/α,β-unsaturated/α-hetero) is 1. The second-order valence-electron chi connectivity index (χ2n) is 2.23. The van der Waals surface area contributed by atoms with Crippen LogP contribution in [0.15, 0.2) is 0 Å². The second-order valence-corrected chi connectivity index (χ2v) is 2.23. The van der Waals surface area contributed by atoms with Crippen molar-refractivity contribution in [1.29, 1.82) is 0 Å². The van der Waals surface area contributed by atoms with Crippen LogP contribution in [0.3, 0.4) is 0 Å². The Kier molecular flexibility index (Phi) is 4.40. The molecule has 0 amide bonds. The molecule has 5 heteroatoms. The SMILES string of the molecule is NCC(=O)CC[C@H](N)C(=O)O. The molecule has 0 radical (unpaired) electrons. The van der Waals surface area contributed by atoms with E-state index in [9.17, 15) is 9.59 Å². The maximum absolute atomic E-state index is 10.6. The molecular formula is C6H12N2O3. The van der Waals surface area contributed by atoms with Crippen LogP contribution >= 0.6 is 0 Å². The Hall–Kier alpha value is -0.940. The second kappa shape index (κ2) is 4.81. The zero-order valence-electron chi connectivity index (χ0n) is 6.12. The number of hydrogen-bond donors (Lipinski definition) is 3. The van der Waals surface area contributed by atoms with Gasteiger partial charge in [0.05, 0.1) is 6.54 Å². The Bertz CT molecular complexity index is 158. The number of carbonyl (C=O) groups is 2. The molecule has 5 N–H and O–H groups in total. The highest BCUT2D eigenvalue weighted by atomic mass is 16.4. The minimum atomic E-state index is -1.09. The summed E-state index contributed by atoms with van der Waals surface area (Å²) in [6.07, 6.45) is 0.301. The number of ketones is 1. The lowest BCUT2D eigenvalue weighted by molar-refractivity contribution is -0.138. The fourth-order valence-corrected chi connectivity index (χ4v) is 0.542. The van der Waals surface area contributed by atoms with Crippen LogP contribution in [0.5, 0.6) is 0 Å². The van der Waals surface area contributed by atoms with Gasteiger partial charge in [0.1, 0.15) is 11.8 Å². The fourth-order valence-electron chi connectivity index (χ4n) is 0.542. The van der Waals surface area contributed by atoms with Gasteiger partial charge in [-0.2, -0.15) is 0 Å². The molecule has 0 bridgehead atoms. The summed E-state index contributed by atoms with van der Waals surface area (Å²) in [5.41, 5.74) is 10.1. The van der Waals surface area contributed by atoms with E-state index in [0.29, 0.717) is 0 Å². The summed E-state index contributed by atoms with van der Waals surface area (Å²) in [5.74, 6) is -1.25. The predicted molar refractivity (Wildman–Crippen MR) is 38.9 cm³/mol. The summed E-state index contributed by atoms with van der Waals surface area (Å²) in [5, 5.41) is 8.30. The fraction of sp³-hybridized carbons (Fsp3) is 0.667. The van der Waals surface area contributed by atoms with Crippen LogP contribution in [0.25, 0.3) is 0 Å². The molecule has 0 spiro atoms. The van der Waals surface area contributed by atoms with E-state index in [4.69, 9.17) is 16.6 Å². The van der Waals surface area contributed by atoms with Crippen LogP contribution < -0.4 is 11.5 Å². The predicted octanol–water partition coefficient (Wildman–Crippen LogP) is -1.29. The highest BCUT2D eigenvalue weighted by Gasteiger charge is 2.12. The minimum absolute atomic E-state index is 0.0493. The molecule has 0 unspecified atom stereocenters. The van der Waals surface area contributed by atoms with Crippen LogP contribution in [0.4, 0.5) is 0 Å². The van der Waals surface area contributed by atoms with Crippen molar-refractivity contribution in [3.8, 4) is 0 Å². The first-order valence-electron chi connectivity index (χ1n) is 3.28. The molecule has 0 aliphatic carbocycles. The van der Waals surface area contributed by atoms with Gasteiger partial charge < -0.3 is 16.6 Å². The van der Waals surface area contributed by atoms with Gasteiger partial charge in [0.25, 0.3) is 0 Å². The molecule has 0 aromatic heterocycles. The van der Waals surface area contributed by atoms with Crippen molar-refractivity contribution < 1.29 is 14.7 Å². The zero-order valence-corrected chi connectivity index (χ0v) is 6.12. The van der Waals surface area contributed by atoms with E-state index in [2.05, 4.69) is 0 Å². The van der Waals surface area contributed by atoms with Gasteiger partial charge >= 0.3 is 5.97 Å². The average Bonchev–Trinajstić information content (AvgIpc) is 1.99. The highest BCUT2D eigenvalue weighted by Crippen LogP contribution is 1.94. The Balaban J connectivity index is 3.54. The summed E-state index contributed by atoms with van der Waals surface area (Å²) in [7, 11) is 0. The Morgan fingerprint density at radius 1 is 1.45 bits per heavy atom. The van der Waals surface area contributed by atoms with Crippen LogP contribution in [-0.2, 0) is 9.59 Å². The summed E-state index contributed by atoms with van der Waals surface area (Å²) < 4.78 is 0. The van der Waals surface area contributed by atoms with Crippen molar-refractivity contribution in [3.63, 3.8) is 0 Å². The molecule has 0 rings (SSSR count). The van der Waals surface area contributed by atoms with Crippen molar-refractivity contribution in [2.45, 2.75) is 18.9 Å². The van der Waals surface area contributed by atoms with Gasteiger partial charge in [0.15, 0.2) is 0 Å². The standard InChI is InChI=1S/C6H12N2O3/c7-3-4(9)1-2-5(8)6(10)11/h5H,1-3,7-8H2,(H,10,11)/t5-/m0/s1. The van der Waals surface area contributed by atoms with E-state index in [-0.39, 0.29) is 25.2 Å². The van der Waals surface area contributed by atoms with Gasteiger partial charge in [-0.25, -0.2) is 0 Å². The van der Waals surface area contributed by atoms with Gasteiger partial charge in [0.2, 0.25) is 0 Å². The summed E-state index contributed by atoms with van der Waals surface area (Å²) >= 11 is 0. The molecule has 0 aliphatic rings. The molecule has 0 fully saturated rings.